The fourth-order valence-corrected chi connectivity index (χ4v) is 13.1. The predicted octanol–water partition coefficient (Wildman–Crippen LogP) is 23.1. The van der Waals surface area contributed by atoms with Crippen molar-refractivity contribution in [2.45, 2.75) is 0 Å². The van der Waals surface area contributed by atoms with Crippen molar-refractivity contribution in [3.05, 3.63) is 338 Å². The van der Waals surface area contributed by atoms with Gasteiger partial charge in [-0.25, -0.2) is 0 Å². The Hall–Kier alpha value is -10.8. The zero-order valence-electron chi connectivity index (χ0n) is 46.6. The Labute approximate surface area is 509 Å². The average molecular weight is 1150 g/mol. The van der Waals surface area contributed by atoms with Gasteiger partial charge in [0.1, 0.15) is 0 Å². The third-order valence-corrected chi connectivity index (χ3v) is 16.9. The maximum absolute atomic E-state index is 8.12. The molecule has 86 heavy (non-hydrogen) atoms. The molecule has 0 saturated heterocycles. The highest BCUT2D eigenvalue weighted by molar-refractivity contribution is 6.37. The Kier molecular flexibility index (Phi) is 13.6. The summed E-state index contributed by atoms with van der Waals surface area (Å²) in [5.41, 5.74) is 17.6. The molecule has 0 atom stereocenters. The number of rotatable bonds is 14. The van der Waals surface area contributed by atoms with Crippen LogP contribution in [-0.2, 0) is 0 Å². The summed E-state index contributed by atoms with van der Waals surface area (Å²) in [6, 6.07) is 115. The van der Waals surface area contributed by atoms with Crippen molar-refractivity contribution in [2.75, 3.05) is 19.6 Å². The molecule has 0 spiro atoms. The third kappa shape index (κ3) is 9.16. The summed E-state index contributed by atoms with van der Waals surface area (Å²) in [7, 11) is 0. The Morgan fingerprint density at radius 2 is 0.535 bits per heavy atom. The first-order valence-corrected chi connectivity index (χ1v) is 29.6. The van der Waals surface area contributed by atoms with Crippen molar-refractivity contribution in [3.63, 3.8) is 0 Å². The lowest BCUT2D eigenvalue weighted by molar-refractivity contribution is 1.16. The van der Waals surface area contributed by atoms with Gasteiger partial charge >= 0.3 is 0 Å². The van der Waals surface area contributed by atoms with Crippen molar-refractivity contribution >= 4 is 135 Å². The monoisotopic (exact) mass is 1140 g/mol. The Morgan fingerprint density at radius 1 is 0.221 bits per heavy atom. The lowest BCUT2D eigenvalue weighted by Gasteiger charge is -2.30. The van der Waals surface area contributed by atoms with Crippen molar-refractivity contribution in [1.29, 1.82) is 0 Å². The Morgan fingerprint density at radius 3 is 0.953 bits per heavy atom. The molecule has 0 aliphatic heterocycles. The van der Waals surface area contributed by atoms with E-state index in [1.165, 1.54) is 0 Å². The summed E-state index contributed by atoms with van der Waals surface area (Å²) in [5.74, 6) is 0. The van der Waals surface area contributed by atoms with Crippen LogP contribution in [0.15, 0.2) is 328 Å². The highest BCUT2D eigenvalue weighted by Crippen LogP contribution is 2.50. The van der Waals surface area contributed by atoms with Crippen LogP contribution in [0.2, 0.25) is 10.0 Å². The zero-order chi connectivity index (χ0) is 57.5. The number of benzene rings is 13. The SMILES string of the molecule is Clc1c(N(c2ccccc2)c2cccc(N(c3ccccc3)c3ccccc3)c2)cccc1-n1c2ccccc2c2c1ccc1c3ccccc3n(-c3cccc(N(c4ccccc4)c4cccc(N(c5ccccc5)c5ccccc5)c4)c3Cl)c12. The van der Waals surface area contributed by atoms with Gasteiger partial charge in [-0.15, -0.1) is 0 Å². The van der Waals surface area contributed by atoms with Gasteiger partial charge in [-0.2, -0.15) is 0 Å². The summed E-state index contributed by atoms with van der Waals surface area (Å²) in [6.07, 6.45) is 0. The van der Waals surface area contributed by atoms with E-state index in [-0.39, 0.29) is 0 Å². The van der Waals surface area contributed by atoms with E-state index in [9.17, 15) is 0 Å². The van der Waals surface area contributed by atoms with E-state index in [2.05, 4.69) is 356 Å². The number of aromatic nitrogens is 2. The zero-order valence-corrected chi connectivity index (χ0v) is 48.1. The van der Waals surface area contributed by atoms with Crippen LogP contribution in [0.25, 0.3) is 55.0 Å². The van der Waals surface area contributed by atoms with E-state index in [4.69, 9.17) is 23.2 Å². The first-order valence-electron chi connectivity index (χ1n) is 28.8. The van der Waals surface area contributed by atoms with Gasteiger partial charge in [0.15, 0.2) is 0 Å². The highest BCUT2D eigenvalue weighted by atomic mass is 35.5. The van der Waals surface area contributed by atoms with E-state index >= 15 is 0 Å². The van der Waals surface area contributed by atoms with Gasteiger partial charge in [-0.05, 0) is 152 Å². The fraction of sp³-hybridized carbons (Fsp3) is 0. The van der Waals surface area contributed by atoms with Crippen LogP contribution in [0.1, 0.15) is 0 Å². The number of nitrogens with zero attached hydrogens (tertiary/aromatic N) is 6. The summed E-state index contributed by atoms with van der Waals surface area (Å²) >= 11 is 16.2. The average Bonchev–Trinajstić information content (AvgIpc) is 1.73. The molecule has 13 aromatic carbocycles. The van der Waals surface area contributed by atoms with Crippen molar-refractivity contribution in [2.24, 2.45) is 0 Å². The predicted molar refractivity (Wildman–Crippen MR) is 364 cm³/mol. The van der Waals surface area contributed by atoms with Crippen molar-refractivity contribution in [3.8, 4) is 11.4 Å². The van der Waals surface area contributed by atoms with E-state index in [1.54, 1.807) is 0 Å². The second-order valence-electron chi connectivity index (χ2n) is 21.2. The molecule has 6 nitrogen and oxygen atoms in total. The molecule has 0 saturated carbocycles. The largest absolute Gasteiger partial charge is 0.310 e. The van der Waals surface area contributed by atoms with E-state index in [0.29, 0.717) is 10.0 Å². The quantitative estimate of drug-likeness (QED) is 0.108. The molecule has 0 aliphatic rings. The first-order chi connectivity index (χ1) is 42.6. The van der Waals surface area contributed by atoms with Gasteiger partial charge in [0.2, 0.25) is 0 Å². The van der Waals surface area contributed by atoms with Crippen molar-refractivity contribution < 1.29 is 0 Å². The number of hydrogen-bond acceptors (Lipinski definition) is 4. The second-order valence-corrected chi connectivity index (χ2v) is 21.9. The fourth-order valence-electron chi connectivity index (χ4n) is 12.5. The topological polar surface area (TPSA) is 22.8 Å². The van der Waals surface area contributed by atoms with Gasteiger partial charge in [0.05, 0.1) is 54.9 Å². The maximum atomic E-state index is 8.12. The minimum atomic E-state index is 0.601. The minimum absolute atomic E-state index is 0.601. The van der Waals surface area contributed by atoms with E-state index in [1.807, 2.05) is 0 Å². The minimum Gasteiger partial charge on any atom is -0.310 e. The molecule has 15 rings (SSSR count). The Balaban J connectivity index is 0.910. The normalized spacial score (nSPS) is 11.4. The Bertz CT molecular complexity index is 4840. The molecule has 0 bridgehead atoms. The molecule has 410 valence electrons. The van der Waals surface area contributed by atoms with Gasteiger partial charge in [0.25, 0.3) is 0 Å². The molecule has 8 heteroatoms. The highest BCUT2D eigenvalue weighted by Gasteiger charge is 2.27. The second kappa shape index (κ2) is 22.4. The van der Waals surface area contributed by atoms with Crippen LogP contribution < -0.4 is 19.6 Å². The molecule has 2 heterocycles. The lowest BCUT2D eigenvalue weighted by atomic mass is 10.1. The van der Waals surface area contributed by atoms with Gasteiger partial charge in [-0.1, -0.05) is 199 Å². The van der Waals surface area contributed by atoms with Crippen LogP contribution in [-0.4, -0.2) is 9.13 Å². The number of hydrogen-bond donors (Lipinski definition) is 0. The van der Waals surface area contributed by atoms with Crippen LogP contribution in [0.4, 0.5) is 68.2 Å². The number of para-hydroxylation sites is 8. The molecule has 0 radical (unpaired) electrons. The van der Waals surface area contributed by atoms with Crippen LogP contribution in [0, 0.1) is 0 Å². The smallest absolute Gasteiger partial charge is 0.0887 e. The van der Waals surface area contributed by atoms with Gasteiger partial charge in [-0.3, -0.25) is 0 Å². The van der Waals surface area contributed by atoms with Crippen molar-refractivity contribution in [1.82, 2.24) is 9.13 Å². The number of fused-ring (bicyclic) bond motifs is 7. The molecule has 0 fully saturated rings. The molecule has 0 unspecified atom stereocenters. The summed E-state index contributed by atoms with van der Waals surface area (Å²) in [5, 5.41) is 5.61. The molecular formula is C78H54Cl2N6. The summed E-state index contributed by atoms with van der Waals surface area (Å²) in [4.78, 5) is 9.11. The van der Waals surface area contributed by atoms with E-state index in [0.717, 1.165) is 123 Å². The first kappa shape index (κ1) is 52.1. The number of anilines is 12. The van der Waals surface area contributed by atoms with Crippen LogP contribution >= 0.6 is 23.2 Å². The molecule has 0 N–H and O–H groups in total. The van der Waals surface area contributed by atoms with E-state index < -0.39 is 0 Å². The van der Waals surface area contributed by atoms with Gasteiger partial charge in [0, 0.05) is 78.4 Å². The maximum Gasteiger partial charge on any atom is 0.0887 e. The van der Waals surface area contributed by atoms with Crippen LogP contribution in [0.5, 0.6) is 0 Å². The molecular weight excluding hydrogens is 1090 g/mol. The summed E-state index contributed by atoms with van der Waals surface area (Å²) < 4.78 is 4.71. The standard InChI is InChI=1S/C78H54Cl2N6/c79-76-71(83(59-35-15-5-16-36-59)63-41-23-39-61(53-63)81(55-27-7-1-8-28-55)56-29-9-2-10-30-56)47-25-49-73(76)85-69-46-22-20-44-67(69)75-70(85)52-51-66-65-43-19-21-45-68(65)86(78(66)75)74-50-26-48-72(77(74)80)84(60-37-17-6-18-38-60)64-42-24-40-62(54-64)82(57-31-11-3-12-32-57)58-33-13-4-14-34-58/h1-54H. The van der Waals surface area contributed by atoms with Crippen LogP contribution in [0.3, 0.4) is 0 Å². The third-order valence-electron chi connectivity index (χ3n) is 16.1. The molecule has 0 aliphatic carbocycles. The molecule has 2 aromatic heterocycles. The summed E-state index contributed by atoms with van der Waals surface area (Å²) in [6.45, 7) is 0. The molecule has 0 amide bonds. The molecule has 15 aromatic rings. The number of halogens is 2. The lowest BCUT2D eigenvalue weighted by Crippen LogP contribution is -2.14. The van der Waals surface area contributed by atoms with Gasteiger partial charge < -0.3 is 28.7 Å².